The number of carbonyl (C=O) groups excluding carboxylic acids is 2. The van der Waals surface area contributed by atoms with Crippen LogP contribution in [-0.2, 0) is 6.54 Å². The third kappa shape index (κ3) is 3.38. The zero-order valence-corrected chi connectivity index (χ0v) is 14.5. The zero-order chi connectivity index (χ0) is 18.0. The van der Waals surface area contributed by atoms with Crippen LogP contribution in [0.1, 0.15) is 39.0 Å². The lowest BCUT2D eigenvalue weighted by Gasteiger charge is -2.08. The number of nitrogens with one attached hydrogen (secondary N) is 2. The number of benzene rings is 2. The van der Waals surface area contributed by atoms with Gasteiger partial charge in [0.2, 0.25) is 0 Å². The first-order valence-electron chi connectivity index (χ1n) is 8.14. The van der Waals surface area contributed by atoms with Gasteiger partial charge in [-0.15, -0.1) is 0 Å². The first-order valence-corrected chi connectivity index (χ1v) is 8.14. The van der Waals surface area contributed by atoms with Crippen LogP contribution >= 0.6 is 0 Å². The summed E-state index contributed by atoms with van der Waals surface area (Å²) in [5, 5.41) is 0. The molecule has 0 saturated carbocycles. The minimum Gasteiger partial charge on any atom is -0.329 e. The van der Waals surface area contributed by atoms with Gasteiger partial charge in [0.1, 0.15) is 5.82 Å². The fourth-order valence-electron chi connectivity index (χ4n) is 2.83. The summed E-state index contributed by atoms with van der Waals surface area (Å²) in [5.74, 6) is 0.165. The average molecular weight is 336 g/mol. The Bertz CT molecular complexity index is 959. The lowest BCUT2D eigenvalue weighted by Crippen LogP contribution is -2.41. The van der Waals surface area contributed by atoms with Gasteiger partial charge in [-0.1, -0.05) is 17.7 Å². The van der Waals surface area contributed by atoms with Crippen molar-refractivity contribution in [1.82, 2.24) is 20.4 Å². The fourth-order valence-corrected chi connectivity index (χ4v) is 2.83. The van der Waals surface area contributed by atoms with Crippen molar-refractivity contribution < 1.29 is 9.59 Å². The molecule has 0 aliphatic carbocycles. The van der Waals surface area contributed by atoms with Crippen molar-refractivity contribution in [2.75, 3.05) is 0 Å². The van der Waals surface area contributed by atoms with Crippen LogP contribution in [-0.4, -0.2) is 21.4 Å². The van der Waals surface area contributed by atoms with E-state index >= 15 is 0 Å². The van der Waals surface area contributed by atoms with Crippen LogP contribution in [0.5, 0.6) is 0 Å². The number of rotatable bonds is 3. The van der Waals surface area contributed by atoms with Crippen molar-refractivity contribution in [2.24, 2.45) is 0 Å². The maximum atomic E-state index is 12.3. The Kier molecular flexibility index (Phi) is 4.52. The Morgan fingerprint density at radius 1 is 1.00 bits per heavy atom. The molecule has 6 heteroatoms. The molecule has 6 nitrogen and oxygen atoms in total. The molecule has 0 atom stereocenters. The third-order valence-electron chi connectivity index (χ3n) is 4.09. The number of imidazole rings is 1. The van der Waals surface area contributed by atoms with E-state index in [-0.39, 0.29) is 11.8 Å². The molecular formula is C19H20N4O2. The standard InChI is InChI=1S/C19H20N4O2/c1-4-23-13(3)20-16-11-15(8-9-17(16)23)19(25)22-21-18(24)14-7-5-6-12(2)10-14/h5-11H,4H2,1-3H3,(H,21,24)(H,22,25). The SMILES string of the molecule is CCn1c(C)nc2cc(C(=O)NNC(=O)c3cccc(C)c3)ccc21. The Hall–Kier alpha value is -3.15. The van der Waals surface area contributed by atoms with E-state index < -0.39 is 0 Å². The maximum Gasteiger partial charge on any atom is 0.269 e. The Morgan fingerprint density at radius 2 is 1.68 bits per heavy atom. The van der Waals surface area contributed by atoms with E-state index in [4.69, 9.17) is 0 Å². The fraction of sp³-hybridized carbons (Fsp3) is 0.211. The van der Waals surface area contributed by atoms with Crippen LogP contribution in [0.2, 0.25) is 0 Å². The number of aromatic nitrogens is 2. The molecule has 0 spiro atoms. The molecule has 0 bridgehead atoms. The predicted octanol–water partition coefficient (Wildman–Crippen LogP) is 2.75. The topological polar surface area (TPSA) is 76.0 Å². The van der Waals surface area contributed by atoms with Crippen LogP contribution in [0.4, 0.5) is 0 Å². The van der Waals surface area contributed by atoms with Gasteiger partial charge in [0.25, 0.3) is 11.8 Å². The molecule has 3 rings (SSSR count). The molecule has 2 aromatic carbocycles. The van der Waals surface area contributed by atoms with Crippen molar-refractivity contribution in [3.05, 3.63) is 65.0 Å². The highest BCUT2D eigenvalue weighted by Gasteiger charge is 2.12. The highest BCUT2D eigenvalue weighted by Crippen LogP contribution is 2.17. The normalized spacial score (nSPS) is 10.7. The molecule has 128 valence electrons. The molecule has 0 unspecified atom stereocenters. The van der Waals surface area contributed by atoms with Crippen LogP contribution in [0, 0.1) is 13.8 Å². The van der Waals surface area contributed by atoms with Gasteiger partial charge in [-0.2, -0.15) is 0 Å². The molecule has 0 aliphatic rings. The molecular weight excluding hydrogens is 316 g/mol. The molecule has 1 heterocycles. The van der Waals surface area contributed by atoms with Gasteiger partial charge in [-0.3, -0.25) is 20.4 Å². The minimum atomic E-state index is -0.383. The lowest BCUT2D eigenvalue weighted by molar-refractivity contribution is 0.0846. The molecule has 1 aromatic heterocycles. The number of hydrogen-bond donors (Lipinski definition) is 2. The van der Waals surface area contributed by atoms with Gasteiger partial charge in [-0.05, 0) is 51.1 Å². The number of aryl methyl sites for hydroxylation is 3. The quantitative estimate of drug-likeness (QED) is 0.722. The Balaban J connectivity index is 1.73. The number of nitrogens with zero attached hydrogens (tertiary/aromatic N) is 2. The van der Waals surface area contributed by atoms with Crippen LogP contribution in [0.15, 0.2) is 42.5 Å². The van der Waals surface area contributed by atoms with Gasteiger partial charge in [0.15, 0.2) is 0 Å². The molecule has 3 aromatic rings. The molecule has 0 aliphatic heterocycles. The highest BCUT2D eigenvalue weighted by atomic mass is 16.2. The van der Waals surface area contributed by atoms with Crippen LogP contribution in [0.3, 0.4) is 0 Å². The maximum absolute atomic E-state index is 12.3. The van der Waals surface area contributed by atoms with E-state index in [0.29, 0.717) is 11.1 Å². The van der Waals surface area contributed by atoms with E-state index in [9.17, 15) is 9.59 Å². The van der Waals surface area contributed by atoms with E-state index in [0.717, 1.165) is 29.0 Å². The Labute approximate surface area is 145 Å². The summed E-state index contributed by atoms with van der Waals surface area (Å²) < 4.78 is 2.08. The number of carbonyl (C=O) groups is 2. The van der Waals surface area contributed by atoms with Crippen molar-refractivity contribution in [1.29, 1.82) is 0 Å². The van der Waals surface area contributed by atoms with Gasteiger partial charge in [0.05, 0.1) is 11.0 Å². The summed E-state index contributed by atoms with van der Waals surface area (Å²) in [4.78, 5) is 28.9. The highest BCUT2D eigenvalue weighted by molar-refractivity contribution is 6.00. The summed E-state index contributed by atoms with van der Waals surface area (Å²) in [6.07, 6.45) is 0. The number of fused-ring (bicyclic) bond motifs is 1. The molecule has 2 amide bonds. The largest absolute Gasteiger partial charge is 0.329 e. The molecule has 2 N–H and O–H groups in total. The number of hydrazine groups is 1. The monoisotopic (exact) mass is 336 g/mol. The summed E-state index contributed by atoms with van der Waals surface area (Å²) in [6, 6.07) is 12.5. The third-order valence-corrected chi connectivity index (χ3v) is 4.09. The van der Waals surface area contributed by atoms with Gasteiger partial charge >= 0.3 is 0 Å². The van der Waals surface area contributed by atoms with E-state index in [2.05, 4.69) is 27.3 Å². The average Bonchev–Trinajstić information content (AvgIpc) is 2.93. The molecule has 0 saturated heterocycles. The second kappa shape index (κ2) is 6.76. The number of hydrogen-bond acceptors (Lipinski definition) is 3. The van der Waals surface area contributed by atoms with E-state index in [1.54, 1.807) is 30.3 Å². The van der Waals surface area contributed by atoms with E-state index in [1.165, 1.54) is 0 Å². The van der Waals surface area contributed by atoms with Crippen molar-refractivity contribution in [2.45, 2.75) is 27.3 Å². The second-order valence-corrected chi connectivity index (χ2v) is 5.88. The summed E-state index contributed by atoms with van der Waals surface area (Å²) in [5.41, 5.74) is 8.54. The molecule has 0 radical (unpaired) electrons. The summed E-state index contributed by atoms with van der Waals surface area (Å²) in [6.45, 7) is 6.71. The van der Waals surface area contributed by atoms with Crippen LogP contribution in [0.25, 0.3) is 11.0 Å². The minimum absolute atomic E-state index is 0.357. The lowest BCUT2D eigenvalue weighted by atomic mass is 10.1. The first kappa shape index (κ1) is 16.7. The molecule has 25 heavy (non-hydrogen) atoms. The number of amides is 2. The van der Waals surface area contributed by atoms with Gasteiger partial charge in [0, 0.05) is 17.7 Å². The van der Waals surface area contributed by atoms with Crippen molar-refractivity contribution in [3.8, 4) is 0 Å². The van der Waals surface area contributed by atoms with E-state index in [1.807, 2.05) is 26.0 Å². The molecule has 0 fully saturated rings. The first-order chi connectivity index (χ1) is 12.0. The van der Waals surface area contributed by atoms with Gasteiger partial charge < -0.3 is 4.57 Å². The summed E-state index contributed by atoms with van der Waals surface area (Å²) in [7, 11) is 0. The van der Waals surface area contributed by atoms with Crippen LogP contribution < -0.4 is 10.9 Å². The second-order valence-electron chi connectivity index (χ2n) is 5.88. The van der Waals surface area contributed by atoms with Gasteiger partial charge in [-0.25, -0.2) is 4.98 Å². The van der Waals surface area contributed by atoms with Crippen molar-refractivity contribution in [3.63, 3.8) is 0 Å². The zero-order valence-electron chi connectivity index (χ0n) is 14.5. The smallest absolute Gasteiger partial charge is 0.269 e. The summed E-state index contributed by atoms with van der Waals surface area (Å²) >= 11 is 0. The Morgan fingerprint density at radius 3 is 2.32 bits per heavy atom. The van der Waals surface area contributed by atoms with Crippen molar-refractivity contribution >= 4 is 22.8 Å². The predicted molar refractivity (Wildman–Crippen MR) is 96.3 cm³/mol.